The Hall–Kier alpha value is -3.04. The van der Waals surface area contributed by atoms with Crippen LogP contribution in [0.25, 0.3) is 11.5 Å². The van der Waals surface area contributed by atoms with Crippen LogP contribution in [-0.2, 0) is 10.0 Å². The van der Waals surface area contributed by atoms with Gasteiger partial charge in [0.2, 0.25) is 10.0 Å². The third kappa shape index (κ3) is 3.99. The van der Waals surface area contributed by atoms with Crippen molar-refractivity contribution in [2.75, 3.05) is 26.2 Å². The molecule has 2 aromatic carbocycles. The van der Waals surface area contributed by atoms with Crippen LogP contribution in [-0.4, -0.2) is 59.8 Å². The Morgan fingerprint density at radius 2 is 1.57 bits per heavy atom. The van der Waals surface area contributed by atoms with E-state index in [1.54, 1.807) is 60.4 Å². The molecule has 0 aliphatic carbocycles. The summed E-state index contributed by atoms with van der Waals surface area (Å²) in [7, 11) is -3.55. The molecule has 1 amide bonds. The van der Waals surface area contributed by atoms with E-state index in [1.807, 2.05) is 6.92 Å². The molecule has 1 aliphatic rings. The molecule has 0 atom stereocenters. The zero-order valence-corrected chi connectivity index (χ0v) is 17.6. The Kier molecular flexibility index (Phi) is 5.40. The molecule has 1 saturated heterocycles. The second-order valence-corrected chi connectivity index (χ2v) is 9.17. The van der Waals surface area contributed by atoms with Crippen LogP contribution in [0, 0.1) is 13.8 Å². The predicted octanol–water partition coefficient (Wildman–Crippen LogP) is 2.50. The molecule has 0 unspecified atom stereocenters. The fourth-order valence-corrected chi connectivity index (χ4v) is 4.77. The summed E-state index contributed by atoms with van der Waals surface area (Å²) in [4.78, 5) is 18.9. The number of hydrogen-bond acceptors (Lipinski definition) is 6. The largest absolute Gasteiger partial charge is 0.336 e. The smallest absolute Gasteiger partial charge is 0.257 e. The van der Waals surface area contributed by atoms with Crippen molar-refractivity contribution in [1.82, 2.24) is 19.3 Å². The lowest BCUT2D eigenvalue weighted by Crippen LogP contribution is -2.50. The standard InChI is InChI=1S/C21H22N4O4S/c1-15-3-9-19(10-4-15)30(27,28)25-13-11-24(12-14-25)21(26)18-7-5-17(6-8-18)20-22-16(2)23-29-20/h3-10H,11-14H2,1-2H3. The van der Waals surface area contributed by atoms with Crippen LogP contribution in [0.15, 0.2) is 57.9 Å². The molecule has 30 heavy (non-hydrogen) atoms. The number of benzene rings is 2. The van der Waals surface area contributed by atoms with Gasteiger partial charge in [0.1, 0.15) is 0 Å². The third-order valence-electron chi connectivity index (χ3n) is 5.09. The van der Waals surface area contributed by atoms with E-state index >= 15 is 0 Å². The van der Waals surface area contributed by atoms with Gasteiger partial charge in [-0.1, -0.05) is 22.9 Å². The summed E-state index contributed by atoms with van der Waals surface area (Å²) in [5, 5.41) is 3.76. The highest BCUT2D eigenvalue weighted by Crippen LogP contribution is 2.21. The van der Waals surface area contributed by atoms with E-state index < -0.39 is 10.0 Å². The molecule has 3 aromatic rings. The van der Waals surface area contributed by atoms with E-state index in [4.69, 9.17) is 4.52 Å². The molecule has 0 spiro atoms. The van der Waals surface area contributed by atoms with Crippen molar-refractivity contribution in [3.8, 4) is 11.5 Å². The van der Waals surface area contributed by atoms with Crippen LogP contribution in [0.2, 0.25) is 0 Å². The Labute approximate surface area is 175 Å². The monoisotopic (exact) mass is 426 g/mol. The molecular weight excluding hydrogens is 404 g/mol. The lowest BCUT2D eigenvalue weighted by atomic mass is 10.1. The fraction of sp³-hybridized carbons (Fsp3) is 0.286. The number of carbonyl (C=O) groups is 1. The highest BCUT2D eigenvalue weighted by atomic mass is 32.2. The molecule has 1 aromatic heterocycles. The number of hydrogen-bond donors (Lipinski definition) is 0. The molecule has 0 bridgehead atoms. The molecule has 9 heteroatoms. The first-order chi connectivity index (χ1) is 14.3. The Morgan fingerprint density at radius 3 is 2.13 bits per heavy atom. The van der Waals surface area contributed by atoms with Gasteiger partial charge in [0.05, 0.1) is 4.90 Å². The second kappa shape index (κ2) is 8.00. The van der Waals surface area contributed by atoms with E-state index in [2.05, 4.69) is 10.1 Å². The molecular formula is C21H22N4O4S. The Bertz CT molecular complexity index is 1150. The van der Waals surface area contributed by atoms with Crippen molar-refractivity contribution in [3.05, 3.63) is 65.5 Å². The molecule has 1 aliphatic heterocycles. The highest BCUT2D eigenvalue weighted by molar-refractivity contribution is 7.89. The number of nitrogens with zero attached hydrogens (tertiary/aromatic N) is 4. The first-order valence-electron chi connectivity index (χ1n) is 9.61. The number of carbonyl (C=O) groups excluding carboxylic acids is 1. The van der Waals surface area contributed by atoms with Gasteiger partial charge in [0.15, 0.2) is 5.82 Å². The number of amides is 1. The van der Waals surface area contributed by atoms with Crippen molar-refractivity contribution >= 4 is 15.9 Å². The van der Waals surface area contributed by atoms with Crippen molar-refractivity contribution in [2.24, 2.45) is 0 Å². The average molecular weight is 426 g/mol. The first-order valence-corrected chi connectivity index (χ1v) is 11.1. The molecule has 0 saturated carbocycles. The van der Waals surface area contributed by atoms with Gasteiger partial charge in [0, 0.05) is 37.3 Å². The summed E-state index contributed by atoms with van der Waals surface area (Å²) in [5.74, 6) is 0.820. The summed E-state index contributed by atoms with van der Waals surface area (Å²) in [6.45, 7) is 4.87. The van der Waals surface area contributed by atoms with Crippen LogP contribution >= 0.6 is 0 Å². The van der Waals surface area contributed by atoms with E-state index in [9.17, 15) is 13.2 Å². The first kappa shape index (κ1) is 20.2. The molecule has 0 radical (unpaired) electrons. The summed E-state index contributed by atoms with van der Waals surface area (Å²) in [6, 6.07) is 13.8. The van der Waals surface area contributed by atoms with Crippen molar-refractivity contribution in [3.63, 3.8) is 0 Å². The van der Waals surface area contributed by atoms with E-state index in [1.165, 1.54) is 4.31 Å². The molecule has 8 nitrogen and oxygen atoms in total. The van der Waals surface area contributed by atoms with E-state index in [-0.39, 0.29) is 23.9 Å². The summed E-state index contributed by atoms with van der Waals surface area (Å²) in [6.07, 6.45) is 0. The predicted molar refractivity (Wildman–Crippen MR) is 110 cm³/mol. The van der Waals surface area contributed by atoms with Crippen LogP contribution in [0.1, 0.15) is 21.7 Å². The summed E-state index contributed by atoms with van der Waals surface area (Å²) in [5.41, 5.74) is 2.27. The summed E-state index contributed by atoms with van der Waals surface area (Å²) < 4.78 is 32.2. The van der Waals surface area contributed by atoms with E-state index in [0.717, 1.165) is 11.1 Å². The maximum atomic E-state index is 12.8. The van der Waals surface area contributed by atoms with Crippen molar-refractivity contribution < 1.29 is 17.7 Å². The van der Waals surface area contributed by atoms with Crippen molar-refractivity contribution in [2.45, 2.75) is 18.7 Å². The van der Waals surface area contributed by atoms with E-state index in [0.29, 0.717) is 30.4 Å². The number of aryl methyl sites for hydroxylation is 2. The Balaban J connectivity index is 1.41. The SMILES string of the molecule is Cc1ccc(S(=O)(=O)N2CCN(C(=O)c3ccc(-c4nc(C)no4)cc3)CC2)cc1. The minimum atomic E-state index is -3.55. The van der Waals surface area contributed by atoms with Crippen LogP contribution in [0.4, 0.5) is 0 Å². The minimum absolute atomic E-state index is 0.129. The van der Waals surface area contributed by atoms with Gasteiger partial charge in [-0.2, -0.15) is 9.29 Å². The van der Waals surface area contributed by atoms with Crippen LogP contribution in [0.3, 0.4) is 0 Å². The lowest BCUT2D eigenvalue weighted by Gasteiger charge is -2.34. The molecule has 2 heterocycles. The van der Waals surface area contributed by atoms with Gasteiger partial charge in [-0.25, -0.2) is 8.42 Å². The molecule has 1 fully saturated rings. The zero-order chi connectivity index (χ0) is 21.3. The van der Waals surface area contributed by atoms with Gasteiger partial charge < -0.3 is 9.42 Å². The number of sulfonamides is 1. The maximum absolute atomic E-state index is 12.8. The van der Waals surface area contributed by atoms with Crippen molar-refractivity contribution in [1.29, 1.82) is 0 Å². The quantitative estimate of drug-likeness (QED) is 0.636. The van der Waals surface area contributed by atoms with Gasteiger partial charge in [-0.3, -0.25) is 4.79 Å². The average Bonchev–Trinajstić information content (AvgIpc) is 3.20. The maximum Gasteiger partial charge on any atom is 0.257 e. The molecule has 4 rings (SSSR count). The number of aromatic nitrogens is 2. The lowest BCUT2D eigenvalue weighted by molar-refractivity contribution is 0.0698. The fourth-order valence-electron chi connectivity index (χ4n) is 3.34. The normalized spacial score (nSPS) is 15.3. The molecule has 156 valence electrons. The second-order valence-electron chi connectivity index (χ2n) is 7.23. The zero-order valence-electron chi connectivity index (χ0n) is 16.8. The minimum Gasteiger partial charge on any atom is -0.336 e. The van der Waals surface area contributed by atoms with Gasteiger partial charge >= 0.3 is 0 Å². The summed E-state index contributed by atoms with van der Waals surface area (Å²) >= 11 is 0. The Morgan fingerprint density at radius 1 is 0.933 bits per heavy atom. The third-order valence-corrected chi connectivity index (χ3v) is 7.00. The van der Waals surface area contributed by atoms with Gasteiger partial charge in [-0.15, -0.1) is 0 Å². The topological polar surface area (TPSA) is 96.6 Å². The molecule has 0 N–H and O–H groups in total. The van der Waals surface area contributed by atoms with Gasteiger partial charge in [-0.05, 0) is 50.2 Å². The van der Waals surface area contributed by atoms with Gasteiger partial charge in [0.25, 0.3) is 11.8 Å². The number of piperazine rings is 1. The number of rotatable bonds is 4. The van der Waals surface area contributed by atoms with Crippen LogP contribution < -0.4 is 0 Å². The highest BCUT2D eigenvalue weighted by Gasteiger charge is 2.30. The van der Waals surface area contributed by atoms with Crippen LogP contribution in [0.5, 0.6) is 0 Å².